The van der Waals surface area contributed by atoms with Crippen LogP contribution in [0.5, 0.6) is 0 Å². The molecule has 2 N–H and O–H groups in total. The van der Waals surface area contributed by atoms with Crippen LogP contribution in [0.25, 0.3) is 0 Å². The predicted octanol–water partition coefficient (Wildman–Crippen LogP) is 4.80. The Morgan fingerprint density at radius 1 is 0.444 bits per heavy atom. The molecule has 110 valence electrons. The van der Waals surface area contributed by atoms with E-state index in [0.717, 1.165) is 13.1 Å². The largest absolute Gasteiger partial charge is 0.258 e. The SMILES string of the molecule is CCCCCCCCNNCCCCCCCC. The summed E-state index contributed by atoms with van der Waals surface area (Å²) in [4.78, 5) is 0. The Labute approximate surface area is 115 Å². The maximum atomic E-state index is 3.33. The molecule has 0 aromatic carbocycles. The van der Waals surface area contributed by atoms with Crippen LogP contribution in [0, 0.1) is 0 Å². The second kappa shape index (κ2) is 16.9. The number of nitrogens with one attached hydrogen (secondary N) is 2. The normalized spacial score (nSPS) is 11.0. The molecule has 2 heteroatoms. The van der Waals surface area contributed by atoms with Crippen LogP contribution >= 0.6 is 0 Å². The topological polar surface area (TPSA) is 24.1 Å². The molecule has 0 atom stereocenters. The first-order valence-electron chi connectivity index (χ1n) is 8.37. The summed E-state index contributed by atoms with van der Waals surface area (Å²) in [5.41, 5.74) is 6.66. The van der Waals surface area contributed by atoms with Gasteiger partial charge in [-0.05, 0) is 12.8 Å². The Balaban J connectivity index is 2.86. The predicted molar refractivity (Wildman–Crippen MR) is 82.8 cm³/mol. The number of unbranched alkanes of at least 4 members (excludes halogenated alkanes) is 10. The molecule has 0 bridgehead atoms. The van der Waals surface area contributed by atoms with Gasteiger partial charge in [0.15, 0.2) is 0 Å². The van der Waals surface area contributed by atoms with Crippen LogP contribution in [0.1, 0.15) is 90.9 Å². The van der Waals surface area contributed by atoms with Crippen LogP contribution < -0.4 is 10.9 Å². The van der Waals surface area contributed by atoms with Crippen molar-refractivity contribution in [3.63, 3.8) is 0 Å². The first-order valence-corrected chi connectivity index (χ1v) is 8.37. The first kappa shape index (κ1) is 17.9. The van der Waals surface area contributed by atoms with Gasteiger partial charge in [0.25, 0.3) is 0 Å². The molecule has 0 fully saturated rings. The fraction of sp³-hybridized carbons (Fsp3) is 1.00. The third-order valence-corrected chi connectivity index (χ3v) is 3.44. The van der Waals surface area contributed by atoms with Gasteiger partial charge < -0.3 is 0 Å². The molecule has 0 saturated carbocycles. The summed E-state index contributed by atoms with van der Waals surface area (Å²) < 4.78 is 0. The highest BCUT2D eigenvalue weighted by molar-refractivity contribution is 4.49. The minimum absolute atomic E-state index is 1.13. The zero-order valence-electron chi connectivity index (χ0n) is 12.9. The Bertz CT molecular complexity index is 121. The van der Waals surface area contributed by atoms with Crippen molar-refractivity contribution in [3.8, 4) is 0 Å². The third kappa shape index (κ3) is 15.9. The van der Waals surface area contributed by atoms with E-state index < -0.39 is 0 Å². The molecule has 0 aliphatic rings. The molecule has 0 rings (SSSR count). The molecule has 0 spiro atoms. The van der Waals surface area contributed by atoms with Gasteiger partial charge in [0, 0.05) is 13.1 Å². The van der Waals surface area contributed by atoms with E-state index in [-0.39, 0.29) is 0 Å². The maximum Gasteiger partial charge on any atom is 0.00997 e. The summed E-state index contributed by atoms with van der Waals surface area (Å²) in [7, 11) is 0. The summed E-state index contributed by atoms with van der Waals surface area (Å²) in [6, 6.07) is 0. The highest BCUT2D eigenvalue weighted by Crippen LogP contribution is 2.04. The number of hydrazine groups is 1. The average molecular weight is 256 g/mol. The van der Waals surface area contributed by atoms with Crippen molar-refractivity contribution >= 4 is 0 Å². The molecule has 0 aliphatic heterocycles. The van der Waals surface area contributed by atoms with Crippen LogP contribution in [0.2, 0.25) is 0 Å². The fourth-order valence-electron chi connectivity index (χ4n) is 2.16. The van der Waals surface area contributed by atoms with E-state index in [1.807, 2.05) is 0 Å². The van der Waals surface area contributed by atoms with Crippen molar-refractivity contribution in [1.29, 1.82) is 0 Å². The smallest absolute Gasteiger partial charge is 0.00997 e. The average Bonchev–Trinajstić information content (AvgIpc) is 2.39. The highest BCUT2D eigenvalue weighted by atomic mass is 15.3. The molecule has 0 saturated heterocycles. The van der Waals surface area contributed by atoms with Gasteiger partial charge in [0.2, 0.25) is 0 Å². The van der Waals surface area contributed by atoms with E-state index in [1.165, 1.54) is 77.0 Å². The molecule has 0 unspecified atom stereocenters. The highest BCUT2D eigenvalue weighted by Gasteiger charge is 1.91. The monoisotopic (exact) mass is 256 g/mol. The van der Waals surface area contributed by atoms with E-state index in [0.29, 0.717) is 0 Å². The van der Waals surface area contributed by atoms with Gasteiger partial charge in [-0.25, -0.2) is 0 Å². The quantitative estimate of drug-likeness (QED) is 0.325. The Hall–Kier alpha value is -0.0800. The van der Waals surface area contributed by atoms with Gasteiger partial charge in [-0.1, -0.05) is 78.1 Å². The van der Waals surface area contributed by atoms with Crippen LogP contribution in [0.3, 0.4) is 0 Å². The first-order chi connectivity index (χ1) is 8.91. The van der Waals surface area contributed by atoms with Crippen molar-refractivity contribution in [2.75, 3.05) is 13.1 Å². The third-order valence-electron chi connectivity index (χ3n) is 3.44. The lowest BCUT2D eigenvalue weighted by atomic mass is 10.1. The van der Waals surface area contributed by atoms with E-state index in [4.69, 9.17) is 0 Å². The molecule has 18 heavy (non-hydrogen) atoms. The van der Waals surface area contributed by atoms with Gasteiger partial charge in [-0.2, -0.15) is 0 Å². The van der Waals surface area contributed by atoms with Crippen LogP contribution in [0.4, 0.5) is 0 Å². The lowest BCUT2D eigenvalue weighted by Gasteiger charge is -2.07. The summed E-state index contributed by atoms with van der Waals surface area (Å²) >= 11 is 0. The number of hydrogen-bond donors (Lipinski definition) is 2. The molecule has 0 aliphatic carbocycles. The van der Waals surface area contributed by atoms with Gasteiger partial charge in [-0.3, -0.25) is 10.9 Å². The minimum atomic E-state index is 1.13. The molecule has 0 radical (unpaired) electrons. The summed E-state index contributed by atoms with van der Waals surface area (Å²) in [6.07, 6.45) is 16.5. The standard InChI is InChI=1S/C16H36N2/c1-3-5-7-9-11-13-15-17-18-16-14-12-10-8-6-4-2/h17-18H,3-16H2,1-2H3. The number of rotatable bonds is 15. The molecular formula is C16H36N2. The number of hydrogen-bond acceptors (Lipinski definition) is 2. The van der Waals surface area contributed by atoms with Gasteiger partial charge in [0.1, 0.15) is 0 Å². The van der Waals surface area contributed by atoms with E-state index in [2.05, 4.69) is 24.7 Å². The zero-order chi connectivity index (χ0) is 13.3. The molecule has 2 nitrogen and oxygen atoms in total. The van der Waals surface area contributed by atoms with Crippen molar-refractivity contribution in [1.82, 2.24) is 10.9 Å². The fourth-order valence-corrected chi connectivity index (χ4v) is 2.16. The Morgan fingerprint density at radius 2 is 0.778 bits per heavy atom. The van der Waals surface area contributed by atoms with E-state index in [1.54, 1.807) is 0 Å². The molecular weight excluding hydrogens is 220 g/mol. The van der Waals surface area contributed by atoms with Crippen LogP contribution in [-0.2, 0) is 0 Å². The van der Waals surface area contributed by atoms with Crippen LogP contribution in [0.15, 0.2) is 0 Å². The summed E-state index contributed by atoms with van der Waals surface area (Å²) in [5, 5.41) is 0. The molecule has 0 aromatic heterocycles. The van der Waals surface area contributed by atoms with Crippen molar-refractivity contribution in [3.05, 3.63) is 0 Å². The minimum Gasteiger partial charge on any atom is -0.258 e. The van der Waals surface area contributed by atoms with E-state index in [9.17, 15) is 0 Å². The molecule has 0 heterocycles. The molecule has 0 amide bonds. The second-order valence-corrected chi connectivity index (χ2v) is 5.39. The van der Waals surface area contributed by atoms with Crippen molar-refractivity contribution < 1.29 is 0 Å². The second-order valence-electron chi connectivity index (χ2n) is 5.39. The van der Waals surface area contributed by atoms with Gasteiger partial charge >= 0.3 is 0 Å². The van der Waals surface area contributed by atoms with Crippen LogP contribution in [-0.4, -0.2) is 13.1 Å². The molecule has 0 aromatic rings. The van der Waals surface area contributed by atoms with Crippen molar-refractivity contribution in [2.45, 2.75) is 90.9 Å². The zero-order valence-corrected chi connectivity index (χ0v) is 12.9. The summed E-state index contributed by atoms with van der Waals surface area (Å²) in [5.74, 6) is 0. The Kier molecular flexibility index (Phi) is 16.8. The van der Waals surface area contributed by atoms with Gasteiger partial charge in [-0.15, -0.1) is 0 Å². The lowest BCUT2D eigenvalue weighted by Crippen LogP contribution is -2.33. The lowest BCUT2D eigenvalue weighted by molar-refractivity contribution is 0.481. The van der Waals surface area contributed by atoms with Gasteiger partial charge in [0.05, 0.1) is 0 Å². The summed E-state index contributed by atoms with van der Waals surface area (Å²) in [6.45, 7) is 6.80. The Morgan fingerprint density at radius 3 is 1.17 bits per heavy atom. The van der Waals surface area contributed by atoms with E-state index >= 15 is 0 Å². The maximum absolute atomic E-state index is 3.33. The van der Waals surface area contributed by atoms with Crippen molar-refractivity contribution in [2.24, 2.45) is 0 Å².